The van der Waals surface area contributed by atoms with E-state index in [1.807, 2.05) is 42.5 Å². The van der Waals surface area contributed by atoms with Crippen molar-refractivity contribution in [3.8, 4) is 0 Å². The molecule has 1 unspecified atom stereocenters. The lowest BCUT2D eigenvalue weighted by molar-refractivity contribution is -0.118. The second kappa shape index (κ2) is 8.06. The van der Waals surface area contributed by atoms with E-state index in [-0.39, 0.29) is 16.8 Å². The summed E-state index contributed by atoms with van der Waals surface area (Å²) in [7, 11) is 0. The number of ketones is 1. The maximum Gasteiger partial charge on any atom is 0.257 e. The van der Waals surface area contributed by atoms with Gasteiger partial charge in [0.25, 0.3) is 5.56 Å². The lowest BCUT2D eigenvalue weighted by Gasteiger charge is -2.38. The molecule has 2 N–H and O–H groups in total. The zero-order valence-electron chi connectivity index (χ0n) is 18.0. The molecule has 1 aliphatic carbocycles. The van der Waals surface area contributed by atoms with Crippen molar-refractivity contribution in [2.24, 2.45) is 5.41 Å². The maximum absolute atomic E-state index is 13.3. The van der Waals surface area contributed by atoms with Gasteiger partial charge in [-0.15, -0.1) is 0 Å². The molecule has 6 nitrogen and oxygen atoms in total. The first kappa shape index (κ1) is 20.7. The highest BCUT2D eigenvalue weighted by Gasteiger charge is 2.42. The van der Waals surface area contributed by atoms with E-state index in [4.69, 9.17) is 4.98 Å². The van der Waals surface area contributed by atoms with Gasteiger partial charge in [0.1, 0.15) is 5.82 Å². The fourth-order valence-electron chi connectivity index (χ4n) is 4.58. The van der Waals surface area contributed by atoms with E-state index in [0.29, 0.717) is 34.3 Å². The van der Waals surface area contributed by atoms with Crippen LogP contribution in [0.1, 0.15) is 49.3 Å². The Hall–Kier alpha value is -3.19. The molecule has 0 spiro atoms. The Morgan fingerprint density at radius 2 is 1.81 bits per heavy atom. The van der Waals surface area contributed by atoms with Crippen molar-refractivity contribution in [1.29, 1.82) is 0 Å². The van der Waals surface area contributed by atoms with Crippen LogP contribution in [0.15, 0.2) is 76.1 Å². The summed E-state index contributed by atoms with van der Waals surface area (Å²) in [5.74, 6) is 0.876. The fourth-order valence-corrected chi connectivity index (χ4v) is 5.39. The van der Waals surface area contributed by atoms with E-state index in [9.17, 15) is 9.59 Å². The number of hydrogen-bond donors (Lipinski definition) is 2. The van der Waals surface area contributed by atoms with Crippen molar-refractivity contribution in [3.05, 3.63) is 93.2 Å². The largest absolute Gasteiger partial charge is 0.343 e. The third-order valence-electron chi connectivity index (χ3n) is 5.96. The Balaban J connectivity index is 1.59. The molecule has 0 bridgehead atoms. The van der Waals surface area contributed by atoms with Crippen LogP contribution >= 0.6 is 11.8 Å². The summed E-state index contributed by atoms with van der Waals surface area (Å²) in [6.07, 6.45) is 4.58. The third-order valence-corrected chi connectivity index (χ3v) is 6.90. The highest BCUT2D eigenvalue weighted by molar-refractivity contribution is 7.98. The van der Waals surface area contributed by atoms with E-state index < -0.39 is 5.92 Å². The van der Waals surface area contributed by atoms with Gasteiger partial charge in [0.15, 0.2) is 10.9 Å². The van der Waals surface area contributed by atoms with Crippen molar-refractivity contribution >= 4 is 23.4 Å². The van der Waals surface area contributed by atoms with Gasteiger partial charge in [-0.2, -0.15) is 0 Å². The molecule has 32 heavy (non-hydrogen) atoms. The molecule has 3 aromatic rings. The lowest BCUT2D eigenvalue weighted by Crippen LogP contribution is -2.37. The number of Topliss-reactive ketones (excluding diaryl/α,β-unsaturated/α-hetero) is 1. The molecule has 3 heterocycles. The van der Waals surface area contributed by atoms with Gasteiger partial charge in [0, 0.05) is 41.8 Å². The number of fused-ring (bicyclic) bond motifs is 1. The molecule has 0 fully saturated rings. The van der Waals surface area contributed by atoms with Crippen LogP contribution in [0, 0.1) is 5.41 Å². The summed E-state index contributed by atoms with van der Waals surface area (Å²) in [4.78, 5) is 38.3. The number of aromatic amines is 1. The van der Waals surface area contributed by atoms with Gasteiger partial charge < -0.3 is 10.3 Å². The number of carbonyl (C=O) groups is 1. The number of nitrogens with zero attached hydrogens (tertiary/aromatic N) is 2. The first-order chi connectivity index (χ1) is 15.4. The van der Waals surface area contributed by atoms with Crippen LogP contribution in [-0.2, 0) is 10.5 Å². The Morgan fingerprint density at radius 3 is 2.56 bits per heavy atom. The second-order valence-corrected chi connectivity index (χ2v) is 10.0. The minimum atomic E-state index is -0.447. The zero-order valence-corrected chi connectivity index (χ0v) is 18.8. The molecule has 1 atom stereocenters. The number of carbonyl (C=O) groups excluding carboxylic acids is 1. The number of thioether (sulfide) groups is 1. The van der Waals surface area contributed by atoms with Gasteiger partial charge >= 0.3 is 0 Å². The predicted molar refractivity (Wildman–Crippen MR) is 126 cm³/mol. The van der Waals surface area contributed by atoms with Crippen molar-refractivity contribution < 1.29 is 4.79 Å². The van der Waals surface area contributed by atoms with Crippen molar-refractivity contribution in [2.75, 3.05) is 5.32 Å². The first-order valence-corrected chi connectivity index (χ1v) is 11.6. The van der Waals surface area contributed by atoms with Gasteiger partial charge in [-0.05, 0) is 35.1 Å². The SMILES string of the molecule is CC1(C)CC(=O)C2=C(C1)Nc1nc(SCc3ccccc3)[nH]c(=O)c1C2c1ccncc1. The first-order valence-electron chi connectivity index (χ1n) is 10.7. The van der Waals surface area contributed by atoms with E-state index in [0.717, 1.165) is 23.2 Å². The van der Waals surface area contributed by atoms with Crippen LogP contribution in [0.5, 0.6) is 0 Å². The van der Waals surface area contributed by atoms with E-state index in [2.05, 4.69) is 29.1 Å². The third kappa shape index (κ3) is 3.88. The summed E-state index contributed by atoms with van der Waals surface area (Å²) in [6.45, 7) is 4.19. The highest BCUT2D eigenvalue weighted by Crippen LogP contribution is 2.47. The lowest BCUT2D eigenvalue weighted by atomic mass is 9.69. The maximum atomic E-state index is 13.3. The summed E-state index contributed by atoms with van der Waals surface area (Å²) in [5.41, 5.74) is 3.72. The average molecular weight is 445 g/mol. The number of anilines is 1. The van der Waals surface area contributed by atoms with E-state index >= 15 is 0 Å². The fraction of sp³-hybridized carbons (Fsp3) is 0.280. The van der Waals surface area contributed by atoms with Gasteiger partial charge in [-0.1, -0.05) is 55.9 Å². The number of aromatic nitrogens is 3. The molecule has 162 valence electrons. The van der Waals surface area contributed by atoms with Crippen LogP contribution in [-0.4, -0.2) is 20.7 Å². The molecule has 0 saturated heterocycles. The number of rotatable bonds is 4. The summed E-state index contributed by atoms with van der Waals surface area (Å²) in [6, 6.07) is 13.8. The van der Waals surface area contributed by atoms with Gasteiger partial charge in [-0.3, -0.25) is 14.6 Å². The molecular formula is C25H24N4O2S. The van der Waals surface area contributed by atoms with Crippen LogP contribution < -0.4 is 10.9 Å². The monoisotopic (exact) mass is 444 g/mol. The zero-order chi connectivity index (χ0) is 22.3. The predicted octanol–water partition coefficient (Wildman–Crippen LogP) is 4.66. The summed E-state index contributed by atoms with van der Waals surface area (Å²) in [5, 5.41) is 3.92. The molecule has 0 radical (unpaired) electrons. The molecule has 1 aliphatic heterocycles. The van der Waals surface area contributed by atoms with Crippen LogP contribution in [0.25, 0.3) is 0 Å². The molecule has 0 amide bonds. The molecule has 5 rings (SSSR count). The van der Waals surface area contributed by atoms with E-state index in [1.165, 1.54) is 11.8 Å². The van der Waals surface area contributed by atoms with Crippen molar-refractivity contribution in [2.45, 2.75) is 43.5 Å². The van der Waals surface area contributed by atoms with Gasteiger partial charge in [0.05, 0.1) is 5.56 Å². The average Bonchev–Trinajstić information content (AvgIpc) is 2.77. The molecule has 1 aromatic carbocycles. The topological polar surface area (TPSA) is 87.7 Å². The number of nitrogens with one attached hydrogen (secondary N) is 2. The minimum absolute atomic E-state index is 0.0816. The standard InChI is InChI=1S/C25H24N4O2S/c1-25(2)12-17-20(18(30)13-25)19(16-8-10-26-11-9-16)21-22(27-17)28-24(29-23(21)31)32-14-15-6-4-3-5-7-15/h3-11,19H,12-14H2,1-2H3,(H2,27,28,29,31). The summed E-state index contributed by atoms with van der Waals surface area (Å²) >= 11 is 1.49. The quantitative estimate of drug-likeness (QED) is 0.450. The van der Waals surface area contributed by atoms with Gasteiger partial charge in [0.2, 0.25) is 0 Å². The number of benzene rings is 1. The number of H-pyrrole nitrogens is 1. The molecule has 2 aromatic heterocycles. The number of pyridine rings is 1. The van der Waals surface area contributed by atoms with Crippen LogP contribution in [0.3, 0.4) is 0 Å². The Kier molecular flexibility index (Phi) is 5.21. The Morgan fingerprint density at radius 1 is 1.06 bits per heavy atom. The summed E-state index contributed by atoms with van der Waals surface area (Å²) < 4.78 is 0. The van der Waals surface area contributed by atoms with Gasteiger partial charge in [-0.25, -0.2) is 4.98 Å². The van der Waals surface area contributed by atoms with Crippen molar-refractivity contribution in [1.82, 2.24) is 15.0 Å². The molecular weight excluding hydrogens is 420 g/mol. The number of hydrogen-bond acceptors (Lipinski definition) is 6. The molecule has 7 heteroatoms. The Labute approximate surface area is 190 Å². The minimum Gasteiger partial charge on any atom is -0.343 e. The second-order valence-electron chi connectivity index (χ2n) is 9.08. The highest BCUT2D eigenvalue weighted by atomic mass is 32.2. The normalized spacial score (nSPS) is 19.2. The van der Waals surface area contributed by atoms with Crippen molar-refractivity contribution in [3.63, 3.8) is 0 Å². The van der Waals surface area contributed by atoms with E-state index in [1.54, 1.807) is 12.4 Å². The molecule has 0 saturated carbocycles. The number of allylic oxidation sites excluding steroid dienone is 2. The van der Waals surface area contributed by atoms with Crippen LogP contribution in [0.4, 0.5) is 5.82 Å². The smallest absolute Gasteiger partial charge is 0.257 e. The Bertz CT molecular complexity index is 1270. The molecule has 2 aliphatic rings. The van der Waals surface area contributed by atoms with Crippen LogP contribution in [0.2, 0.25) is 0 Å².